The number of carbonyl (C=O) groups excluding carboxylic acids is 1. The van der Waals surface area contributed by atoms with E-state index in [1.807, 2.05) is 36.4 Å². The maximum absolute atomic E-state index is 13.5. The van der Waals surface area contributed by atoms with Crippen LogP contribution in [0, 0.1) is 5.82 Å². The van der Waals surface area contributed by atoms with Crippen LogP contribution in [0.2, 0.25) is 0 Å². The van der Waals surface area contributed by atoms with E-state index in [-0.39, 0.29) is 18.3 Å². The van der Waals surface area contributed by atoms with E-state index >= 15 is 0 Å². The molecule has 36 heavy (non-hydrogen) atoms. The lowest BCUT2D eigenvalue weighted by Gasteiger charge is -2.35. The van der Waals surface area contributed by atoms with Gasteiger partial charge in [-0.3, -0.25) is 9.69 Å². The summed E-state index contributed by atoms with van der Waals surface area (Å²) in [6.07, 6.45) is -0.656. The van der Waals surface area contributed by atoms with Gasteiger partial charge in [0, 0.05) is 59.9 Å². The number of nitrogens with one attached hydrogen (secondary N) is 2. The van der Waals surface area contributed by atoms with Crippen LogP contribution in [-0.2, 0) is 0 Å². The number of aliphatic hydroxyl groups excluding tert-OH is 1. The van der Waals surface area contributed by atoms with E-state index < -0.39 is 6.10 Å². The molecule has 184 valence electrons. The number of aromatic amines is 2. The lowest BCUT2D eigenvalue weighted by Crippen LogP contribution is -2.51. The molecule has 1 aliphatic rings. The second kappa shape index (κ2) is 9.29. The fraction of sp³-hybridized carbons (Fsp3) is 0.250. The number of benzene rings is 3. The molecule has 3 aromatic carbocycles. The van der Waals surface area contributed by atoms with E-state index in [1.54, 1.807) is 17.0 Å². The molecule has 3 heterocycles. The lowest BCUT2D eigenvalue weighted by atomic mass is 10.1. The highest BCUT2D eigenvalue weighted by atomic mass is 19.1. The molecule has 0 spiro atoms. The van der Waals surface area contributed by atoms with Crippen LogP contribution in [0.15, 0.2) is 66.7 Å². The number of hydrogen-bond acceptors (Lipinski definition) is 4. The van der Waals surface area contributed by atoms with Crippen molar-refractivity contribution in [3.05, 3.63) is 78.2 Å². The summed E-state index contributed by atoms with van der Waals surface area (Å²) in [4.78, 5) is 23.4. The number of carbonyl (C=O) groups is 1. The number of fused-ring (bicyclic) bond motifs is 4. The molecule has 1 saturated heterocycles. The number of para-hydroxylation sites is 1. The first-order valence-electron chi connectivity index (χ1n) is 12.2. The lowest BCUT2D eigenvalue weighted by molar-refractivity contribution is 0.0404. The van der Waals surface area contributed by atoms with Crippen molar-refractivity contribution in [3.8, 4) is 5.75 Å². The molecule has 0 saturated carbocycles. The number of β-amino-alcohol motifs (C(OH)–C–C–N with tert-alkyl or cyclic N) is 1. The molecule has 6 rings (SSSR count). The zero-order valence-corrected chi connectivity index (χ0v) is 19.7. The quantitative estimate of drug-likeness (QED) is 0.337. The van der Waals surface area contributed by atoms with Gasteiger partial charge in [-0.15, -0.1) is 0 Å². The molecule has 1 fully saturated rings. The van der Waals surface area contributed by atoms with Crippen molar-refractivity contribution >= 4 is 38.6 Å². The maximum atomic E-state index is 13.5. The summed E-state index contributed by atoms with van der Waals surface area (Å²) in [5.74, 6) is 0.328. The van der Waals surface area contributed by atoms with Crippen molar-refractivity contribution in [2.45, 2.75) is 6.10 Å². The molecule has 0 bridgehead atoms. The molecule has 1 amide bonds. The number of halogens is 1. The first kappa shape index (κ1) is 22.6. The van der Waals surface area contributed by atoms with Crippen molar-refractivity contribution < 1.29 is 19.0 Å². The number of hydrogen-bond donors (Lipinski definition) is 3. The monoisotopic (exact) mass is 486 g/mol. The number of aromatic nitrogens is 2. The van der Waals surface area contributed by atoms with E-state index in [4.69, 9.17) is 4.74 Å². The number of ether oxygens (including phenoxy) is 1. The van der Waals surface area contributed by atoms with Crippen molar-refractivity contribution in [2.75, 3.05) is 39.3 Å². The van der Waals surface area contributed by atoms with Gasteiger partial charge in [0.05, 0.1) is 5.52 Å². The zero-order valence-electron chi connectivity index (χ0n) is 19.7. The van der Waals surface area contributed by atoms with Gasteiger partial charge in [-0.1, -0.05) is 24.3 Å². The fourth-order valence-electron chi connectivity index (χ4n) is 5.05. The van der Waals surface area contributed by atoms with Gasteiger partial charge < -0.3 is 24.7 Å². The van der Waals surface area contributed by atoms with E-state index in [2.05, 4.69) is 20.9 Å². The second-order valence-corrected chi connectivity index (χ2v) is 9.32. The summed E-state index contributed by atoms with van der Waals surface area (Å²) in [5, 5.41) is 13.5. The average Bonchev–Trinajstić information content (AvgIpc) is 3.49. The average molecular weight is 487 g/mol. The van der Waals surface area contributed by atoms with E-state index in [9.17, 15) is 14.3 Å². The third-order valence-corrected chi connectivity index (χ3v) is 6.86. The maximum Gasteiger partial charge on any atom is 0.270 e. The number of amides is 1. The molecule has 7 nitrogen and oxygen atoms in total. The molecule has 1 atom stereocenters. The Bertz CT molecular complexity index is 1550. The first-order valence-corrected chi connectivity index (χ1v) is 12.2. The topological polar surface area (TPSA) is 84.6 Å². The molecule has 3 N–H and O–H groups in total. The summed E-state index contributed by atoms with van der Waals surface area (Å²) in [7, 11) is 0. The van der Waals surface area contributed by atoms with Gasteiger partial charge >= 0.3 is 0 Å². The van der Waals surface area contributed by atoms with Gasteiger partial charge in [-0.25, -0.2) is 4.39 Å². The van der Waals surface area contributed by atoms with E-state index in [0.717, 1.165) is 33.1 Å². The Balaban J connectivity index is 1.04. The molecule has 1 aliphatic heterocycles. The Morgan fingerprint density at radius 2 is 1.75 bits per heavy atom. The van der Waals surface area contributed by atoms with Gasteiger partial charge in [0.25, 0.3) is 5.91 Å². The Morgan fingerprint density at radius 1 is 0.944 bits per heavy atom. The zero-order chi connectivity index (χ0) is 24.6. The third-order valence-electron chi connectivity index (χ3n) is 6.86. The molecule has 0 radical (unpaired) electrons. The standard InChI is InChI=1S/C28H27FN4O3/c29-19-8-9-22-18(14-19)15-25(30-22)28(35)33-12-10-32(11-13-33)16-20(34)17-36-26-7-3-6-24-27(26)21-4-1-2-5-23(21)31-24/h1-9,14-15,20,30-31,34H,10-13,16-17H2. The molecule has 5 aromatic rings. The van der Waals surface area contributed by atoms with Crippen molar-refractivity contribution in [3.63, 3.8) is 0 Å². The first-order chi connectivity index (χ1) is 17.5. The SMILES string of the molecule is O=C(c1cc2cc(F)ccc2[nH]1)N1CCN(CC(O)COc2cccc3[nH]c4ccccc4c23)CC1. The highest BCUT2D eigenvalue weighted by Crippen LogP contribution is 2.33. The Kier molecular flexibility index (Phi) is 5.83. The van der Waals surface area contributed by atoms with Crippen LogP contribution in [0.1, 0.15) is 10.5 Å². The largest absolute Gasteiger partial charge is 0.490 e. The Hall–Kier alpha value is -3.88. The van der Waals surface area contributed by atoms with Crippen LogP contribution in [0.25, 0.3) is 32.7 Å². The normalized spacial score (nSPS) is 15.7. The number of nitrogens with zero attached hydrogens (tertiary/aromatic N) is 2. The summed E-state index contributed by atoms with van der Waals surface area (Å²) < 4.78 is 19.5. The van der Waals surface area contributed by atoms with E-state index in [1.165, 1.54) is 12.1 Å². The predicted octanol–water partition coefficient (Wildman–Crippen LogP) is 4.14. The van der Waals surface area contributed by atoms with E-state index in [0.29, 0.717) is 43.8 Å². The number of aliphatic hydroxyl groups is 1. The van der Waals surface area contributed by atoms with Crippen LogP contribution in [-0.4, -0.2) is 76.2 Å². The van der Waals surface area contributed by atoms with Crippen molar-refractivity contribution in [2.24, 2.45) is 0 Å². The Morgan fingerprint density at radius 3 is 2.61 bits per heavy atom. The number of H-pyrrole nitrogens is 2. The van der Waals surface area contributed by atoms with Gasteiger partial charge in [0.1, 0.15) is 30.0 Å². The van der Waals surface area contributed by atoms with Gasteiger partial charge in [-0.2, -0.15) is 0 Å². The fourth-order valence-corrected chi connectivity index (χ4v) is 5.05. The van der Waals surface area contributed by atoms with Crippen LogP contribution >= 0.6 is 0 Å². The van der Waals surface area contributed by atoms with Gasteiger partial charge in [-0.05, 0) is 42.5 Å². The molecule has 8 heteroatoms. The van der Waals surface area contributed by atoms with Crippen LogP contribution in [0.3, 0.4) is 0 Å². The second-order valence-electron chi connectivity index (χ2n) is 9.32. The number of piperazine rings is 1. The molecule has 0 aliphatic carbocycles. The minimum atomic E-state index is -0.656. The summed E-state index contributed by atoms with van der Waals surface area (Å²) in [6.45, 7) is 3.10. The van der Waals surface area contributed by atoms with Crippen molar-refractivity contribution in [1.29, 1.82) is 0 Å². The summed E-state index contributed by atoms with van der Waals surface area (Å²) in [6, 6.07) is 20.1. The molecular formula is C28H27FN4O3. The minimum Gasteiger partial charge on any atom is -0.490 e. The molecular weight excluding hydrogens is 459 g/mol. The van der Waals surface area contributed by atoms with Crippen LogP contribution in [0.5, 0.6) is 5.75 Å². The third kappa shape index (κ3) is 4.29. The summed E-state index contributed by atoms with van der Waals surface area (Å²) >= 11 is 0. The van der Waals surface area contributed by atoms with Crippen LogP contribution < -0.4 is 4.74 Å². The highest BCUT2D eigenvalue weighted by Gasteiger charge is 2.25. The molecule has 1 unspecified atom stereocenters. The van der Waals surface area contributed by atoms with Crippen molar-refractivity contribution in [1.82, 2.24) is 19.8 Å². The van der Waals surface area contributed by atoms with Gasteiger partial charge in [0.2, 0.25) is 0 Å². The minimum absolute atomic E-state index is 0.0954. The highest BCUT2D eigenvalue weighted by molar-refractivity contribution is 6.10. The smallest absolute Gasteiger partial charge is 0.270 e. The van der Waals surface area contributed by atoms with Crippen LogP contribution in [0.4, 0.5) is 4.39 Å². The van der Waals surface area contributed by atoms with Gasteiger partial charge in [0.15, 0.2) is 0 Å². The molecule has 2 aromatic heterocycles. The summed E-state index contributed by atoms with van der Waals surface area (Å²) in [5.41, 5.74) is 3.26. The predicted molar refractivity (Wildman–Crippen MR) is 138 cm³/mol. The number of rotatable bonds is 6. The Labute approximate surface area is 207 Å².